The quantitative estimate of drug-likeness (QED) is 0.362. The van der Waals surface area contributed by atoms with Crippen LogP contribution in [0.25, 0.3) is 0 Å². The summed E-state index contributed by atoms with van der Waals surface area (Å²) < 4.78 is 12.6. The molecule has 2 saturated heterocycles. The summed E-state index contributed by atoms with van der Waals surface area (Å²) in [7, 11) is 0. The molecule has 2 aliphatic heterocycles. The van der Waals surface area contributed by atoms with Gasteiger partial charge in [0.25, 0.3) is 0 Å². The van der Waals surface area contributed by atoms with Crippen molar-refractivity contribution in [2.45, 2.75) is 6.04 Å². The summed E-state index contributed by atoms with van der Waals surface area (Å²) >= 11 is 1.48. The fourth-order valence-electron chi connectivity index (χ4n) is 1.05. The van der Waals surface area contributed by atoms with Crippen LogP contribution in [-0.2, 0) is 8.92 Å². The second kappa shape index (κ2) is 2.46. The van der Waals surface area contributed by atoms with E-state index in [1.54, 1.807) is 0 Å². The summed E-state index contributed by atoms with van der Waals surface area (Å²) in [5.41, 5.74) is 0. The van der Waals surface area contributed by atoms with E-state index in [9.17, 15) is 0 Å². The average Bonchev–Trinajstić information content (AvgIpc) is 2.33. The zero-order valence-electron chi connectivity index (χ0n) is 5.08. The fourth-order valence-corrected chi connectivity index (χ4v) is 1.79. The Hall–Kier alpha value is 0.230. The molecule has 0 aromatic carbocycles. The first kappa shape index (κ1) is 5.97. The number of hydrogen-bond acceptors (Lipinski definition) is 4. The topological polar surface area (TPSA) is 21.7 Å². The molecule has 0 saturated carbocycles. The van der Waals surface area contributed by atoms with Crippen LogP contribution in [0.5, 0.6) is 0 Å². The van der Waals surface area contributed by atoms with Crippen molar-refractivity contribution in [1.29, 1.82) is 0 Å². The number of ether oxygens (including phenoxy) is 1. The number of fused-ring (bicyclic) bond motifs is 1. The molecule has 2 aliphatic rings. The van der Waals surface area contributed by atoms with Crippen molar-refractivity contribution < 1.29 is 8.92 Å². The van der Waals surface area contributed by atoms with Crippen molar-refractivity contribution in [2.75, 3.05) is 26.4 Å². The summed E-state index contributed by atoms with van der Waals surface area (Å²) in [5.74, 6) is 0. The monoisotopic (exact) mass is 147 g/mol. The van der Waals surface area contributed by atoms with Gasteiger partial charge in [-0.2, -0.15) is 0 Å². The van der Waals surface area contributed by atoms with E-state index < -0.39 is 0 Å². The van der Waals surface area contributed by atoms with Crippen LogP contribution in [0.1, 0.15) is 0 Å². The molecule has 1 unspecified atom stereocenters. The standard InChI is InChI=1S/C5H9NO2S/c1-2-7-3-5-4-8-9-6(1)5/h5H,1-4H2. The maximum Gasteiger partial charge on any atom is 0.0824 e. The number of morpholine rings is 1. The molecule has 9 heavy (non-hydrogen) atoms. The van der Waals surface area contributed by atoms with Gasteiger partial charge in [-0.15, -0.1) is 0 Å². The van der Waals surface area contributed by atoms with Crippen molar-refractivity contribution in [3.63, 3.8) is 0 Å². The summed E-state index contributed by atoms with van der Waals surface area (Å²) in [6, 6.07) is 0.517. The van der Waals surface area contributed by atoms with Gasteiger partial charge in [-0.3, -0.25) is 4.18 Å². The normalized spacial score (nSPS) is 36.7. The van der Waals surface area contributed by atoms with Crippen molar-refractivity contribution in [2.24, 2.45) is 0 Å². The van der Waals surface area contributed by atoms with E-state index in [4.69, 9.17) is 8.92 Å². The highest BCUT2D eigenvalue weighted by Crippen LogP contribution is 2.26. The van der Waals surface area contributed by atoms with Gasteiger partial charge in [0.1, 0.15) is 0 Å². The first-order valence-electron chi connectivity index (χ1n) is 3.11. The lowest BCUT2D eigenvalue weighted by molar-refractivity contribution is 0.0393. The zero-order valence-corrected chi connectivity index (χ0v) is 5.89. The predicted molar refractivity (Wildman–Crippen MR) is 34.9 cm³/mol. The Morgan fingerprint density at radius 2 is 2.44 bits per heavy atom. The summed E-state index contributed by atoms with van der Waals surface area (Å²) in [5, 5.41) is 0. The molecule has 0 spiro atoms. The van der Waals surface area contributed by atoms with Crippen molar-refractivity contribution in [3.05, 3.63) is 0 Å². The van der Waals surface area contributed by atoms with Gasteiger partial charge in [0.05, 0.1) is 38.1 Å². The van der Waals surface area contributed by atoms with Gasteiger partial charge < -0.3 is 4.74 Å². The Bertz CT molecular complexity index is 99.1. The summed E-state index contributed by atoms with van der Waals surface area (Å²) in [6.45, 7) is 3.53. The van der Waals surface area contributed by atoms with E-state index >= 15 is 0 Å². The molecule has 3 nitrogen and oxygen atoms in total. The minimum atomic E-state index is 0.517. The number of rotatable bonds is 0. The highest BCUT2D eigenvalue weighted by atomic mass is 32.2. The van der Waals surface area contributed by atoms with Crippen LogP contribution in [0.4, 0.5) is 0 Å². The molecule has 0 radical (unpaired) electrons. The first-order valence-corrected chi connectivity index (χ1v) is 3.80. The highest BCUT2D eigenvalue weighted by molar-refractivity contribution is 7.92. The molecule has 1 atom stereocenters. The van der Waals surface area contributed by atoms with Gasteiger partial charge in [-0.1, -0.05) is 0 Å². The maximum atomic E-state index is 5.25. The van der Waals surface area contributed by atoms with Gasteiger partial charge in [0.15, 0.2) is 0 Å². The Labute approximate surface area is 58.6 Å². The van der Waals surface area contributed by atoms with Crippen LogP contribution in [-0.4, -0.2) is 36.7 Å². The van der Waals surface area contributed by atoms with Crippen LogP contribution < -0.4 is 0 Å². The van der Waals surface area contributed by atoms with Crippen molar-refractivity contribution in [3.8, 4) is 0 Å². The van der Waals surface area contributed by atoms with Gasteiger partial charge in [0, 0.05) is 6.54 Å². The molecule has 0 aliphatic carbocycles. The molecule has 0 amide bonds. The van der Waals surface area contributed by atoms with Crippen LogP contribution in [0.3, 0.4) is 0 Å². The molecular weight excluding hydrogens is 138 g/mol. The predicted octanol–water partition coefficient (Wildman–Crippen LogP) is 0.281. The Morgan fingerprint density at radius 3 is 3.33 bits per heavy atom. The molecule has 0 aromatic rings. The fraction of sp³-hybridized carbons (Fsp3) is 1.00. The van der Waals surface area contributed by atoms with Crippen LogP contribution in [0, 0.1) is 0 Å². The third-order valence-corrected chi connectivity index (χ3v) is 2.50. The largest absolute Gasteiger partial charge is 0.378 e. The van der Waals surface area contributed by atoms with Crippen molar-refractivity contribution in [1.82, 2.24) is 4.31 Å². The Kier molecular flexibility index (Phi) is 1.63. The summed E-state index contributed by atoms with van der Waals surface area (Å²) in [6.07, 6.45) is 0. The van der Waals surface area contributed by atoms with E-state index in [1.165, 1.54) is 12.2 Å². The van der Waals surface area contributed by atoms with E-state index in [0.717, 1.165) is 26.4 Å². The van der Waals surface area contributed by atoms with E-state index in [2.05, 4.69) is 4.31 Å². The first-order chi connectivity index (χ1) is 4.47. The minimum absolute atomic E-state index is 0.517. The van der Waals surface area contributed by atoms with Crippen LogP contribution in [0.2, 0.25) is 0 Å². The third-order valence-electron chi connectivity index (χ3n) is 1.58. The number of hydrogen-bond donors (Lipinski definition) is 0. The molecule has 2 heterocycles. The van der Waals surface area contributed by atoms with Gasteiger partial charge >= 0.3 is 0 Å². The van der Waals surface area contributed by atoms with Crippen molar-refractivity contribution >= 4 is 12.2 Å². The average molecular weight is 147 g/mol. The molecular formula is C5H9NO2S. The van der Waals surface area contributed by atoms with E-state index in [0.29, 0.717) is 6.04 Å². The number of nitrogens with zero attached hydrogens (tertiary/aromatic N) is 1. The smallest absolute Gasteiger partial charge is 0.0824 e. The van der Waals surface area contributed by atoms with Gasteiger partial charge in [0.2, 0.25) is 0 Å². The maximum absolute atomic E-state index is 5.25. The summed E-state index contributed by atoms with van der Waals surface area (Å²) in [4.78, 5) is 0. The molecule has 0 N–H and O–H groups in total. The SMILES string of the molecule is C1CN2SOCC2CO1. The van der Waals surface area contributed by atoms with E-state index in [1.807, 2.05) is 0 Å². The Morgan fingerprint density at radius 1 is 1.44 bits per heavy atom. The second-order valence-corrected chi connectivity index (χ2v) is 3.08. The van der Waals surface area contributed by atoms with E-state index in [-0.39, 0.29) is 0 Å². The van der Waals surface area contributed by atoms with Gasteiger partial charge in [-0.25, -0.2) is 4.31 Å². The molecule has 52 valence electrons. The van der Waals surface area contributed by atoms with Crippen LogP contribution in [0.15, 0.2) is 0 Å². The molecule has 0 bridgehead atoms. The second-order valence-electron chi connectivity index (χ2n) is 2.23. The lowest BCUT2D eigenvalue weighted by atomic mass is 10.3. The highest BCUT2D eigenvalue weighted by Gasteiger charge is 2.29. The third kappa shape index (κ3) is 1.08. The Balaban J connectivity index is 1.97. The van der Waals surface area contributed by atoms with Crippen LogP contribution >= 0.6 is 12.2 Å². The minimum Gasteiger partial charge on any atom is -0.378 e. The zero-order chi connectivity index (χ0) is 6.10. The lowest BCUT2D eigenvalue weighted by Gasteiger charge is -2.24. The van der Waals surface area contributed by atoms with Gasteiger partial charge in [-0.05, 0) is 0 Å². The molecule has 4 heteroatoms. The lowest BCUT2D eigenvalue weighted by Crippen LogP contribution is -2.38. The molecule has 2 rings (SSSR count). The molecule has 2 fully saturated rings. The molecule has 0 aromatic heterocycles.